The van der Waals surface area contributed by atoms with Crippen LogP contribution in [-0.4, -0.2) is 36.2 Å². The number of rotatable bonds is 5. The van der Waals surface area contributed by atoms with E-state index in [1.54, 1.807) is 13.2 Å². The Hall–Kier alpha value is -2.50. The Morgan fingerprint density at radius 3 is 2.62 bits per heavy atom. The molecule has 0 radical (unpaired) electrons. The normalized spacial score (nSPS) is 15.5. The van der Waals surface area contributed by atoms with Crippen LogP contribution < -0.4 is 10.5 Å². The summed E-state index contributed by atoms with van der Waals surface area (Å²) in [6, 6.07) is 9.65. The largest absolute Gasteiger partial charge is 0.497 e. The predicted molar refractivity (Wildman–Crippen MR) is 90.8 cm³/mol. The number of carbonyl (C=O) groups is 1. The average Bonchev–Trinajstić information content (AvgIpc) is 3.06. The molecule has 1 aliphatic heterocycles. The highest BCUT2D eigenvalue weighted by Gasteiger charge is 2.25. The van der Waals surface area contributed by atoms with Gasteiger partial charge in [0, 0.05) is 31.5 Å². The summed E-state index contributed by atoms with van der Waals surface area (Å²) in [7, 11) is 1.65. The lowest BCUT2D eigenvalue weighted by Crippen LogP contribution is -2.38. The fraction of sp³-hybridized carbons (Fsp3) is 0.444. The van der Waals surface area contributed by atoms with Gasteiger partial charge in [-0.05, 0) is 37.0 Å². The number of benzene rings is 1. The summed E-state index contributed by atoms with van der Waals surface area (Å²) in [6.07, 6.45) is 3.09. The molecule has 2 N–H and O–H groups in total. The summed E-state index contributed by atoms with van der Waals surface area (Å²) in [4.78, 5) is 14.3. The fourth-order valence-corrected chi connectivity index (χ4v) is 3.12. The van der Waals surface area contributed by atoms with Crippen LogP contribution in [0.2, 0.25) is 0 Å². The minimum atomic E-state index is 0.212. The first kappa shape index (κ1) is 16.4. The molecule has 0 saturated carbocycles. The monoisotopic (exact) mass is 329 g/mol. The van der Waals surface area contributed by atoms with Gasteiger partial charge in [-0.25, -0.2) is 0 Å². The molecule has 1 aromatic carbocycles. The molecule has 3 rings (SSSR count). The second-order valence-corrected chi connectivity index (χ2v) is 6.16. The first-order chi connectivity index (χ1) is 11.7. The lowest BCUT2D eigenvalue weighted by molar-refractivity contribution is -0.132. The van der Waals surface area contributed by atoms with Gasteiger partial charge in [0.1, 0.15) is 5.75 Å². The summed E-state index contributed by atoms with van der Waals surface area (Å²) in [5, 5.41) is 3.99. The quantitative estimate of drug-likeness (QED) is 0.912. The van der Waals surface area contributed by atoms with Crippen molar-refractivity contribution in [2.45, 2.75) is 31.6 Å². The molecule has 6 heteroatoms. The van der Waals surface area contributed by atoms with E-state index < -0.39 is 0 Å². The van der Waals surface area contributed by atoms with Gasteiger partial charge in [0.2, 0.25) is 11.8 Å². The van der Waals surface area contributed by atoms with Gasteiger partial charge in [0.25, 0.3) is 0 Å². The highest BCUT2D eigenvalue weighted by Crippen LogP contribution is 2.28. The van der Waals surface area contributed by atoms with Crippen LogP contribution in [0, 0.1) is 0 Å². The number of ether oxygens (including phenoxy) is 1. The number of likely N-dealkylation sites (tertiary alicyclic amines) is 1. The first-order valence-corrected chi connectivity index (χ1v) is 8.28. The van der Waals surface area contributed by atoms with Gasteiger partial charge in [-0.1, -0.05) is 17.3 Å². The van der Waals surface area contributed by atoms with Crippen molar-refractivity contribution < 1.29 is 14.1 Å². The van der Waals surface area contributed by atoms with E-state index in [0.29, 0.717) is 18.2 Å². The number of methoxy groups -OCH3 is 1. The Morgan fingerprint density at radius 2 is 2.04 bits per heavy atom. The van der Waals surface area contributed by atoms with E-state index in [1.807, 2.05) is 29.2 Å². The SMILES string of the molecule is COc1ccc(CCC(=O)N2CCC(c3cc(N)on3)CC2)cc1. The summed E-state index contributed by atoms with van der Waals surface area (Å²) in [6.45, 7) is 1.53. The number of aryl methyl sites for hydroxylation is 1. The number of nitrogens with two attached hydrogens (primary N) is 1. The Bertz CT molecular complexity index is 673. The molecule has 2 aromatic rings. The van der Waals surface area contributed by atoms with Crippen molar-refractivity contribution >= 4 is 11.8 Å². The van der Waals surface area contributed by atoms with Crippen molar-refractivity contribution in [3.05, 3.63) is 41.6 Å². The number of amides is 1. The second-order valence-electron chi connectivity index (χ2n) is 6.16. The van der Waals surface area contributed by atoms with E-state index in [0.717, 1.165) is 49.4 Å². The average molecular weight is 329 g/mol. The molecule has 1 amide bonds. The number of nitrogens with zero attached hydrogens (tertiary/aromatic N) is 2. The third-order valence-electron chi connectivity index (χ3n) is 4.60. The lowest BCUT2D eigenvalue weighted by atomic mass is 9.93. The number of carbonyl (C=O) groups excluding carboxylic acids is 1. The Balaban J connectivity index is 1.46. The molecule has 1 fully saturated rings. The van der Waals surface area contributed by atoms with Gasteiger partial charge in [-0.3, -0.25) is 4.79 Å². The van der Waals surface area contributed by atoms with E-state index in [1.165, 1.54) is 0 Å². The topological polar surface area (TPSA) is 81.6 Å². The molecule has 1 saturated heterocycles. The van der Waals surface area contributed by atoms with E-state index in [-0.39, 0.29) is 5.91 Å². The van der Waals surface area contributed by atoms with Crippen molar-refractivity contribution in [1.82, 2.24) is 10.1 Å². The maximum absolute atomic E-state index is 12.4. The molecule has 1 aliphatic rings. The molecule has 1 aromatic heterocycles. The number of anilines is 1. The third-order valence-corrected chi connectivity index (χ3v) is 4.60. The smallest absolute Gasteiger partial charge is 0.222 e. The lowest BCUT2D eigenvalue weighted by Gasteiger charge is -2.31. The minimum absolute atomic E-state index is 0.212. The van der Waals surface area contributed by atoms with Crippen molar-refractivity contribution in [2.75, 3.05) is 25.9 Å². The number of nitrogen functional groups attached to an aromatic ring is 1. The summed E-state index contributed by atoms with van der Waals surface area (Å²) < 4.78 is 10.1. The van der Waals surface area contributed by atoms with E-state index in [9.17, 15) is 4.79 Å². The van der Waals surface area contributed by atoms with Crippen LogP contribution in [0.15, 0.2) is 34.9 Å². The van der Waals surface area contributed by atoms with Crippen LogP contribution in [-0.2, 0) is 11.2 Å². The zero-order chi connectivity index (χ0) is 16.9. The van der Waals surface area contributed by atoms with Crippen molar-refractivity contribution in [2.24, 2.45) is 0 Å². The van der Waals surface area contributed by atoms with Crippen LogP contribution >= 0.6 is 0 Å². The van der Waals surface area contributed by atoms with Gasteiger partial charge < -0.3 is 19.9 Å². The Kier molecular flexibility index (Phi) is 5.03. The molecule has 128 valence electrons. The number of hydrogen-bond donors (Lipinski definition) is 1. The maximum Gasteiger partial charge on any atom is 0.222 e. The van der Waals surface area contributed by atoms with Crippen LogP contribution in [0.4, 0.5) is 5.88 Å². The number of hydrogen-bond acceptors (Lipinski definition) is 5. The molecule has 0 bridgehead atoms. The highest BCUT2D eigenvalue weighted by atomic mass is 16.5. The number of aromatic nitrogens is 1. The van der Waals surface area contributed by atoms with Gasteiger partial charge in [0.05, 0.1) is 12.8 Å². The highest BCUT2D eigenvalue weighted by molar-refractivity contribution is 5.76. The van der Waals surface area contributed by atoms with E-state index >= 15 is 0 Å². The van der Waals surface area contributed by atoms with Crippen molar-refractivity contribution in [3.63, 3.8) is 0 Å². The molecule has 0 unspecified atom stereocenters. The molecule has 0 spiro atoms. The Labute approximate surface area is 141 Å². The van der Waals surface area contributed by atoms with Crippen LogP contribution in [0.5, 0.6) is 5.75 Å². The number of piperidine rings is 1. The molecule has 0 aliphatic carbocycles. The second kappa shape index (κ2) is 7.38. The van der Waals surface area contributed by atoms with Crippen LogP contribution in [0.3, 0.4) is 0 Å². The van der Waals surface area contributed by atoms with Gasteiger partial charge in [0.15, 0.2) is 0 Å². The Morgan fingerprint density at radius 1 is 1.33 bits per heavy atom. The van der Waals surface area contributed by atoms with E-state index in [4.69, 9.17) is 15.0 Å². The molecule has 0 atom stereocenters. The summed E-state index contributed by atoms with van der Waals surface area (Å²) >= 11 is 0. The molecular formula is C18H23N3O3. The van der Waals surface area contributed by atoms with Crippen LogP contribution in [0.25, 0.3) is 0 Å². The molecule has 24 heavy (non-hydrogen) atoms. The standard InChI is InChI=1S/C18H23N3O3/c1-23-15-5-2-13(3-6-15)4-7-18(22)21-10-8-14(9-11-21)16-12-17(19)24-20-16/h2-3,5-6,12,14H,4,7-11,19H2,1H3. The fourth-order valence-electron chi connectivity index (χ4n) is 3.12. The van der Waals surface area contributed by atoms with Gasteiger partial charge in [-0.15, -0.1) is 0 Å². The van der Waals surface area contributed by atoms with Crippen molar-refractivity contribution in [3.8, 4) is 5.75 Å². The maximum atomic E-state index is 12.4. The minimum Gasteiger partial charge on any atom is -0.497 e. The zero-order valence-electron chi connectivity index (χ0n) is 13.9. The first-order valence-electron chi connectivity index (χ1n) is 8.28. The van der Waals surface area contributed by atoms with Crippen molar-refractivity contribution in [1.29, 1.82) is 0 Å². The van der Waals surface area contributed by atoms with E-state index in [2.05, 4.69) is 5.16 Å². The summed E-state index contributed by atoms with van der Waals surface area (Å²) in [5.74, 6) is 1.73. The zero-order valence-corrected chi connectivity index (χ0v) is 13.9. The third kappa shape index (κ3) is 3.88. The molecule has 6 nitrogen and oxygen atoms in total. The molecular weight excluding hydrogens is 306 g/mol. The van der Waals surface area contributed by atoms with Gasteiger partial charge in [-0.2, -0.15) is 0 Å². The van der Waals surface area contributed by atoms with Crippen LogP contribution in [0.1, 0.15) is 36.4 Å². The van der Waals surface area contributed by atoms with Gasteiger partial charge >= 0.3 is 0 Å². The summed E-state index contributed by atoms with van der Waals surface area (Å²) in [5.41, 5.74) is 7.62. The predicted octanol–water partition coefficient (Wildman–Crippen LogP) is 2.60. The molecule has 2 heterocycles.